The maximum Gasteiger partial charge on any atom is 0.233 e. The Labute approximate surface area is 122 Å². The molecule has 0 aromatic rings. The fourth-order valence-electron chi connectivity index (χ4n) is 2.93. The number of nitrogens with two attached hydrogens (primary N) is 1. The third kappa shape index (κ3) is 3.87. The van der Waals surface area contributed by atoms with Crippen molar-refractivity contribution in [3.63, 3.8) is 0 Å². The first-order chi connectivity index (χ1) is 9.51. The van der Waals surface area contributed by atoms with Crippen LogP contribution in [0.4, 0.5) is 0 Å². The number of carbonyl (C=O) groups excluding carboxylic acids is 1. The van der Waals surface area contributed by atoms with E-state index < -0.39 is 5.41 Å². The molecule has 1 aliphatic carbocycles. The smallest absolute Gasteiger partial charge is 0.233 e. The van der Waals surface area contributed by atoms with Crippen LogP contribution in [0.2, 0.25) is 0 Å². The van der Waals surface area contributed by atoms with Crippen LogP contribution >= 0.6 is 0 Å². The molecular formula is C15H29N3O2. The van der Waals surface area contributed by atoms with Gasteiger partial charge in [0.05, 0.1) is 0 Å². The van der Waals surface area contributed by atoms with Gasteiger partial charge in [0.2, 0.25) is 5.91 Å². The largest absolute Gasteiger partial charge is 0.409 e. The van der Waals surface area contributed by atoms with E-state index in [4.69, 9.17) is 10.9 Å². The van der Waals surface area contributed by atoms with Gasteiger partial charge in [0.25, 0.3) is 0 Å². The average Bonchev–Trinajstić information content (AvgIpc) is 3.27. The van der Waals surface area contributed by atoms with Crippen LogP contribution in [0, 0.1) is 17.3 Å². The zero-order chi connectivity index (χ0) is 15.2. The minimum absolute atomic E-state index is 0.0396. The van der Waals surface area contributed by atoms with Gasteiger partial charge in [-0.3, -0.25) is 4.79 Å². The molecule has 1 amide bonds. The van der Waals surface area contributed by atoms with Gasteiger partial charge in [-0.25, -0.2) is 0 Å². The fourth-order valence-corrected chi connectivity index (χ4v) is 2.93. The van der Waals surface area contributed by atoms with Gasteiger partial charge in [-0.2, -0.15) is 0 Å². The Kier molecular flexibility index (Phi) is 6.30. The van der Waals surface area contributed by atoms with Crippen LogP contribution in [0.15, 0.2) is 5.16 Å². The quantitative estimate of drug-likeness (QED) is 0.263. The van der Waals surface area contributed by atoms with Crippen molar-refractivity contribution < 1.29 is 10.0 Å². The van der Waals surface area contributed by atoms with E-state index in [-0.39, 0.29) is 11.7 Å². The van der Waals surface area contributed by atoms with Gasteiger partial charge >= 0.3 is 0 Å². The molecule has 0 saturated heterocycles. The molecule has 1 aliphatic rings. The second-order valence-corrected chi connectivity index (χ2v) is 6.09. The van der Waals surface area contributed by atoms with Gasteiger partial charge in [-0.15, -0.1) is 0 Å². The lowest BCUT2D eigenvalue weighted by atomic mass is 9.77. The second kappa shape index (κ2) is 7.50. The molecule has 5 nitrogen and oxygen atoms in total. The first-order valence-electron chi connectivity index (χ1n) is 7.78. The molecule has 20 heavy (non-hydrogen) atoms. The van der Waals surface area contributed by atoms with Crippen LogP contribution < -0.4 is 11.1 Å². The number of carbonyl (C=O) groups is 1. The van der Waals surface area contributed by atoms with Crippen molar-refractivity contribution in [3.8, 4) is 0 Å². The highest BCUT2D eigenvalue weighted by Gasteiger charge is 2.41. The Bertz CT molecular complexity index is 345. The van der Waals surface area contributed by atoms with Gasteiger partial charge in [0, 0.05) is 6.54 Å². The Balaban J connectivity index is 2.75. The lowest BCUT2D eigenvalue weighted by Gasteiger charge is -2.31. The van der Waals surface area contributed by atoms with Gasteiger partial charge in [-0.05, 0) is 37.5 Å². The van der Waals surface area contributed by atoms with Crippen molar-refractivity contribution in [2.24, 2.45) is 28.1 Å². The van der Waals surface area contributed by atoms with E-state index in [0.29, 0.717) is 25.3 Å². The molecule has 1 saturated carbocycles. The summed E-state index contributed by atoms with van der Waals surface area (Å²) in [5.41, 5.74) is 4.98. The van der Waals surface area contributed by atoms with E-state index in [1.54, 1.807) is 0 Å². The molecule has 1 rings (SSSR count). The summed E-state index contributed by atoms with van der Waals surface area (Å²) < 4.78 is 0. The number of hydrogen-bond acceptors (Lipinski definition) is 3. The molecule has 0 heterocycles. The molecular weight excluding hydrogens is 254 g/mol. The van der Waals surface area contributed by atoms with Crippen LogP contribution in [-0.4, -0.2) is 23.5 Å². The molecule has 4 N–H and O–H groups in total. The zero-order valence-electron chi connectivity index (χ0n) is 13.0. The number of nitrogens with zero attached hydrogens (tertiary/aromatic N) is 1. The summed E-state index contributed by atoms with van der Waals surface area (Å²) in [6, 6.07) is 0. The van der Waals surface area contributed by atoms with Crippen molar-refractivity contribution >= 4 is 11.7 Å². The van der Waals surface area contributed by atoms with E-state index in [1.165, 1.54) is 12.8 Å². The van der Waals surface area contributed by atoms with Crippen molar-refractivity contribution in [2.75, 3.05) is 6.54 Å². The lowest BCUT2D eigenvalue weighted by molar-refractivity contribution is -0.128. The summed E-state index contributed by atoms with van der Waals surface area (Å²) >= 11 is 0. The number of hydrogen-bond donors (Lipinski definition) is 3. The minimum atomic E-state index is -0.860. The standard InChI is InChI=1S/C15H29N3O2/c1-4-8-15(9-5-2,13(16)18-20)14(19)17-10-11(3)12-6-7-12/h11-12,20H,4-10H2,1-3H3,(H2,16,18)(H,17,19). The summed E-state index contributed by atoms with van der Waals surface area (Å²) in [6.07, 6.45) is 5.41. The molecule has 1 unspecified atom stereocenters. The molecule has 0 aliphatic heterocycles. The molecule has 0 spiro atoms. The van der Waals surface area contributed by atoms with Crippen LogP contribution in [-0.2, 0) is 4.79 Å². The number of amidine groups is 1. The molecule has 0 aromatic heterocycles. The van der Waals surface area contributed by atoms with Gasteiger partial charge in [-0.1, -0.05) is 38.8 Å². The van der Waals surface area contributed by atoms with Gasteiger partial charge in [0.1, 0.15) is 5.41 Å². The number of nitrogens with one attached hydrogen (secondary N) is 1. The van der Waals surface area contributed by atoms with E-state index >= 15 is 0 Å². The van der Waals surface area contributed by atoms with Crippen molar-refractivity contribution in [1.29, 1.82) is 0 Å². The maximum atomic E-state index is 12.6. The number of oxime groups is 1. The highest BCUT2D eigenvalue weighted by Crippen LogP contribution is 2.36. The Morgan fingerprint density at radius 2 is 1.95 bits per heavy atom. The normalized spacial score (nSPS) is 17.9. The average molecular weight is 283 g/mol. The fraction of sp³-hybridized carbons (Fsp3) is 0.867. The van der Waals surface area contributed by atoms with E-state index in [9.17, 15) is 4.79 Å². The molecule has 1 atom stereocenters. The third-order valence-electron chi connectivity index (χ3n) is 4.40. The van der Waals surface area contributed by atoms with E-state index in [0.717, 1.165) is 18.8 Å². The van der Waals surface area contributed by atoms with E-state index in [1.807, 2.05) is 13.8 Å². The Hall–Kier alpha value is -1.26. The van der Waals surface area contributed by atoms with Crippen molar-refractivity contribution in [3.05, 3.63) is 0 Å². The van der Waals surface area contributed by atoms with Crippen LogP contribution in [0.5, 0.6) is 0 Å². The Morgan fingerprint density at radius 3 is 2.35 bits per heavy atom. The highest BCUT2D eigenvalue weighted by molar-refractivity contribution is 6.06. The second-order valence-electron chi connectivity index (χ2n) is 6.09. The third-order valence-corrected chi connectivity index (χ3v) is 4.40. The summed E-state index contributed by atoms with van der Waals surface area (Å²) in [5.74, 6) is 1.21. The first-order valence-corrected chi connectivity index (χ1v) is 7.78. The van der Waals surface area contributed by atoms with Crippen molar-refractivity contribution in [2.45, 2.75) is 59.3 Å². The van der Waals surface area contributed by atoms with E-state index in [2.05, 4.69) is 17.4 Å². The molecule has 116 valence electrons. The lowest BCUT2D eigenvalue weighted by Crippen LogP contribution is -2.50. The van der Waals surface area contributed by atoms with Crippen LogP contribution in [0.25, 0.3) is 0 Å². The molecule has 5 heteroatoms. The maximum absolute atomic E-state index is 12.6. The zero-order valence-corrected chi connectivity index (χ0v) is 13.0. The summed E-state index contributed by atoms with van der Waals surface area (Å²) in [5, 5.41) is 15.2. The summed E-state index contributed by atoms with van der Waals surface area (Å²) in [4.78, 5) is 12.6. The Morgan fingerprint density at radius 1 is 1.40 bits per heavy atom. The topological polar surface area (TPSA) is 87.7 Å². The van der Waals surface area contributed by atoms with Crippen molar-refractivity contribution in [1.82, 2.24) is 5.32 Å². The number of rotatable bonds is 9. The van der Waals surface area contributed by atoms with Crippen LogP contribution in [0.3, 0.4) is 0 Å². The predicted octanol–water partition coefficient (Wildman–Crippen LogP) is 2.48. The molecule has 0 aromatic carbocycles. The number of amides is 1. The van der Waals surface area contributed by atoms with Gasteiger partial charge < -0.3 is 16.3 Å². The molecule has 1 fully saturated rings. The highest BCUT2D eigenvalue weighted by atomic mass is 16.4. The minimum Gasteiger partial charge on any atom is -0.409 e. The summed E-state index contributed by atoms with van der Waals surface area (Å²) in [7, 11) is 0. The van der Waals surface area contributed by atoms with Gasteiger partial charge in [0.15, 0.2) is 5.84 Å². The first kappa shape index (κ1) is 16.8. The monoisotopic (exact) mass is 283 g/mol. The molecule has 0 radical (unpaired) electrons. The molecule has 0 bridgehead atoms. The summed E-state index contributed by atoms with van der Waals surface area (Å²) in [6.45, 7) is 6.87. The SMILES string of the molecule is CCCC(CCC)(C(=O)NCC(C)C1CC1)C(N)=NO. The predicted molar refractivity (Wildman–Crippen MR) is 80.6 cm³/mol. The van der Waals surface area contributed by atoms with Crippen LogP contribution in [0.1, 0.15) is 59.3 Å².